The smallest absolute Gasteiger partial charge is 0.251 e. The molecule has 0 bridgehead atoms. The number of carbonyl (C=O) groups excluding carboxylic acids is 3. The number of benzene rings is 1. The Labute approximate surface area is 151 Å². The fraction of sp³-hybridized carbons (Fsp3) is 0.389. The summed E-state index contributed by atoms with van der Waals surface area (Å²) in [5.41, 5.74) is 6.65. The Morgan fingerprint density at radius 1 is 1.15 bits per heavy atom. The van der Waals surface area contributed by atoms with E-state index >= 15 is 0 Å². The first-order valence-electron chi connectivity index (χ1n) is 8.29. The second-order valence-corrected chi connectivity index (χ2v) is 6.29. The number of aliphatic hydroxyl groups is 2. The number of primary amides is 1. The lowest BCUT2D eigenvalue weighted by Crippen LogP contribution is -2.51. The van der Waals surface area contributed by atoms with Gasteiger partial charge in [0, 0.05) is 30.5 Å². The highest BCUT2D eigenvalue weighted by Crippen LogP contribution is 2.20. The Morgan fingerprint density at radius 2 is 1.81 bits per heavy atom. The SMILES string of the molecule is Cc1ccc(C(=O)N[C@H]2C=C(C(=O)NCCC(N)=O)C[C@@H](O)[C@@H]2O)cc1. The molecule has 0 aliphatic heterocycles. The number of nitrogens with two attached hydrogens (primary N) is 1. The molecule has 140 valence electrons. The number of hydrogen-bond donors (Lipinski definition) is 5. The molecule has 0 saturated carbocycles. The third kappa shape index (κ3) is 5.14. The van der Waals surface area contributed by atoms with Gasteiger partial charge in [0.25, 0.3) is 5.91 Å². The van der Waals surface area contributed by atoms with Gasteiger partial charge in [0.15, 0.2) is 0 Å². The third-order valence-corrected chi connectivity index (χ3v) is 4.13. The first-order valence-corrected chi connectivity index (χ1v) is 8.29. The van der Waals surface area contributed by atoms with Crippen molar-refractivity contribution >= 4 is 17.7 Å². The molecule has 0 saturated heterocycles. The molecular weight excluding hydrogens is 338 g/mol. The molecule has 3 atom stereocenters. The van der Waals surface area contributed by atoms with Crippen molar-refractivity contribution in [1.29, 1.82) is 0 Å². The lowest BCUT2D eigenvalue weighted by Gasteiger charge is -2.31. The monoisotopic (exact) mass is 361 g/mol. The summed E-state index contributed by atoms with van der Waals surface area (Å²) < 4.78 is 0. The van der Waals surface area contributed by atoms with Crippen molar-refractivity contribution in [3.63, 3.8) is 0 Å². The maximum atomic E-state index is 12.3. The van der Waals surface area contributed by atoms with Crippen LogP contribution >= 0.6 is 0 Å². The van der Waals surface area contributed by atoms with E-state index in [0.717, 1.165) is 5.56 Å². The highest BCUT2D eigenvalue weighted by atomic mass is 16.3. The van der Waals surface area contributed by atoms with Crippen molar-refractivity contribution in [2.24, 2.45) is 5.73 Å². The minimum atomic E-state index is -1.23. The molecule has 1 aliphatic carbocycles. The fourth-order valence-electron chi connectivity index (χ4n) is 2.62. The Kier molecular flexibility index (Phi) is 6.48. The van der Waals surface area contributed by atoms with E-state index in [1.807, 2.05) is 6.92 Å². The van der Waals surface area contributed by atoms with Crippen LogP contribution in [-0.4, -0.2) is 52.7 Å². The molecule has 0 fully saturated rings. The number of aryl methyl sites for hydroxylation is 1. The molecule has 2 rings (SSSR count). The first-order chi connectivity index (χ1) is 12.3. The predicted octanol–water partition coefficient (Wildman–Crippen LogP) is -0.863. The van der Waals surface area contributed by atoms with Crippen LogP contribution in [0.2, 0.25) is 0 Å². The third-order valence-electron chi connectivity index (χ3n) is 4.13. The van der Waals surface area contributed by atoms with E-state index in [-0.39, 0.29) is 25.0 Å². The van der Waals surface area contributed by atoms with Gasteiger partial charge in [-0.05, 0) is 19.1 Å². The molecule has 3 amide bonds. The van der Waals surface area contributed by atoms with Gasteiger partial charge >= 0.3 is 0 Å². The summed E-state index contributed by atoms with van der Waals surface area (Å²) in [6, 6.07) is 5.96. The molecule has 1 aromatic carbocycles. The van der Waals surface area contributed by atoms with Crippen LogP contribution in [0.15, 0.2) is 35.9 Å². The number of amides is 3. The molecule has 1 aromatic rings. The second-order valence-electron chi connectivity index (χ2n) is 6.29. The van der Waals surface area contributed by atoms with Crippen molar-refractivity contribution in [2.45, 2.75) is 38.0 Å². The van der Waals surface area contributed by atoms with E-state index in [9.17, 15) is 24.6 Å². The molecule has 0 heterocycles. The molecular formula is C18H23N3O5. The van der Waals surface area contributed by atoms with Gasteiger partial charge in [-0.3, -0.25) is 14.4 Å². The van der Waals surface area contributed by atoms with Gasteiger partial charge in [0.05, 0.1) is 12.1 Å². The number of rotatable bonds is 6. The standard InChI is InChI=1S/C18H23N3O5/c1-10-2-4-11(5-3-10)18(26)21-13-8-12(9-14(22)16(13)24)17(25)20-7-6-15(19)23/h2-5,8,13-14,16,22,24H,6-7,9H2,1H3,(H2,19,23)(H,20,25)(H,21,26)/t13-,14+,16+/m0/s1. The highest BCUT2D eigenvalue weighted by Gasteiger charge is 2.33. The van der Waals surface area contributed by atoms with Crippen molar-refractivity contribution in [3.8, 4) is 0 Å². The van der Waals surface area contributed by atoms with Gasteiger partial charge in [-0.1, -0.05) is 23.8 Å². The van der Waals surface area contributed by atoms with E-state index in [2.05, 4.69) is 10.6 Å². The summed E-state index contributed by atoms with van der Waals surface area (Å²) in [6.45, 7) is 1.97. The fourth-order valence-corrected chi connectivity index (χ4v) is 2.62. The molecule has 0 spiro atoms. The van der Waals surface area contributed by atoms with Crippen LogP contribution < -0.4 is 16.4 Å². The summed E-state index contributed by atoms with van der Waals surface area (Å²) in [4.78, 5) is 35.2. The zero-order valence-corrected chi connectivity index (χ0v) is 14.4. The number of hydrogen-bond acceptors (Lipinski definition) is 5. The summed E-state index contributed by atoms with van der Waals surface area (Å²) in [5, 5.41) is 25.3. The predicted molar refractivity (Wildman–Crippen MR) is 94.0 cm³/mol. The lowest BCUT2D eigenvalue weighted by molar-refractivity contribution is -0.119. The maximum Gasteiger partial charge on any atom is 0.251 e. The average Bonchev–Trinajstić information content (AvgIpc) is 2.58. The molecule has 26 heavy (non-hydrogen) atoms. The lowest BCUT2D eigenvalue weighted by atomic mass is 9.89. The Morgan fingerprint density at radius 3 is 2.42 bits per heavy atom. The van der Waals surface area contributed by atoms with Gasteiger partial charge in [-0.25, -0.2) is 0 Å². The van der Waals surface area contributed by atoms with Crippen LogP contribution in [0, 0.1) is 6.92 Å². The van der Waals surface area contributed by atoms with E-state index in [4.69, 9.17) is 5.73 Å². The topological polar surface area (TPSA) is 142 Å². The summed E-state index contributed by atoms with van der Waals surface area (Å²) in [5.74, 6) is -1.44. The normalized spacial score (nSPS) is 22.3. The quantitative estimate of drug-likeness (QED) is 0.448. The molecule has 0 radical (unpaired) electrons. The van der Waals surface area contributed by atoms with Crippen molar-refractivity contribution < 1.29 is 24.6 Å². The van der Waals surface area contributed by atoms with Crippen LogP contribution in [0.4, 0.5) is 0 Å². The minimum Gasteiger partial charge on any atom is -0.390 e. The van der Waals surface area contributed by atoms with Crippen LogP contribution in [-0.2, 0) is 9.59 Å². The molecule has 6 N–H and O–H groups in total. The second kappa shape index (κ2) is 8.59. The Balaban J connectivity index is 2.07. The minimum absolute atomic E-state index is 0.00220. The van der Waals surface area contributed by atoms with Crippen molar-refractivity contribution in [3.05, 3.63) is 47.0 Å². The largest absolute Gasteiger partial charge is 0.390 e. The Bertz CT molecular complexity index is 714. The van der Waals surface area contributed by atoms with Gasteiger partial charge in [0.1, 0.15) is 6.10 Å². The molecule has 8 heteroatoms. The zero-order valence-electron chi connectivity index (χ0n) is 14.4. The summed E-state index contributed by atoms with van der Waals surface area (Å²) in [7, 11) is 0. The van der Waals surface area contributed by atoms with E-state index in [1.54, 1.807) is 24.3 Å². The number of carbonyl (C=O) groups is 3. The van der Waals surface area contributed by atoms with E-state index in [1.165, 1.54) is 6.08 Å². The molecule has 8 nitrogen and oxygen atoms in total. The van der Waals surface area contributed by atoms with Gasteiger partial charge in [-0.2, -0.15) is 0 Å². The van der Waals surface area contributed by atoms with Gasteiger partial charge in [-0.15, -0.1) is 0 Å². The van der Waals surface area contributed by atoms with Crippen LogP contribution in [0.3, 0.4) is 0 Å². The molecule has 0 unspecified atom stereocenters. The number of aliphatic hydroxyl groups excluding tert-OH is 2. The molecule has 0 aromatic heterocycles. The Hall–Kier alpha value is -2.71. The highest BCUT2D eigenvalue weighted by molar-refractivity contribution is 5.96. The first kappa shape index (κ1) is 19.6. The van der Waals surface area contributed by atoms with Crippen molar-refractivity contribution in [1.82, 2.24) is 10.6 Å². The average molecular weight is 361 g/mol. The summed E-state index contributed by atoms with van der Waals surface area (Å²) >= 11 is 0. The molecule has 1 aliphatic rings. The van der Waals surface area contributed by atoms with E-state index < -0.39 is 36.0 Å². The van der Waals surface area contributed by atoms with Crippen LogP contribution in [0.5, 0.6) is 0 Å². The zero-order chi connectivity index (χ0) is 19.3. The maximum absolute atomic E-state index is 12.3. The van der Waals surface area contributed by atoms with Crippen LogP contribution in [0.1, 0.15) is 28.8 Å². The van der Waals surface area contributed by atoms with Crippen LogP contribution in [0.25, 0.3) is 0 Å². The van der Waals surface area contributed by atoms with Crippen molar-refractivity contribution in [2.75, 3.05) is 6.54 Å². The van der Waals surface area contributed by atoms with Gasteiger partial charge in [0.2, 0.25) is 11.8 Å². The number of nitrogens with one attached hydrogen (secondary N) is 2. The summed E-state index contributed by atoms with van der Waals surface area (Å²) in [6.07, 6.45) is -1.06. The van der Waals surface area contributed by atoms with Gasteiger partial charge < -0.3 is 26.6 Å². The van der Waals surface area contributed by atoms with E-state index in [0.29, 0.717) is 5.56 Å².